The Hall–Kier alpha value is -7.63. The molecular formula is C52H37N5. The van der Waals surface area contributed by atoms with E-state index in [1.807, 2.05) is 60.7 Å². The minimum absolute atomic E-state index is 0.612. The van der Waals surface area contributed by atoms with E-state index in [0.29, 0.717) is 17.5 Å². The van der Waals surface area contributed by atoms with E-state index >= 15 is 0 Å². The van der Waals surface area contributed by atoms with Gasteiger partial charge in [0, 0.05) is 45.8 Å². The third kappa shape index (κ3) is 6.21. The fraction of sp³-hybridized carbons (Fsp3) is 0.0192. The fourth-order valence-electron chi connectivity index (χ4n) is 7.92. The smallest absolute Gasteiger partial charge is 0.166 e. The van der Waals surface area contributed by atoms with E-state index in [4.69, 9.17) is 15.0 Å². The molecule has 0 unspecified atom stereocenters. The molecule has 57 heavy (non-hydrogen) atoms. The number of para-hydroxylation sites is 2. The minimum atomic E-state index is 0.612. The first-order valence-electron chi connectivity index (χ1n) is 19.2. The largest absolute Gasteiger partial charge is 0.344 e. The van der Waals surface area contributed by atoms with E-state index in [2.05, 4.69) is 162 Å². The highest BCUT2D eigenvalue weighted by Gasteiger charge is 2.24. The molecule has 5 nitrogen and oxygen atoms in total. The molecule has 0 aliphatic rings. The maximum atomic E-state index is 5.15. The van der Waals surface area contributed by atoms with Gasteiger partial charge < -0.3 is 9.47 Å². The van der Waals surface area contributed by atoms with Crippen LogP contribution in [-0.4, -0.2) is 26.6 Å². The summed E-state index contributed by atoms with van der Waals surface area (Å²) in [6.45, 7) is 0. The predicted molar refractivity (Wildman–Crippen MR) is 236 cm³/mol. The average molecular weight is 732 g/mol. The Morgan fingerprint density at radius 3 is 1.49 bits per heavy atom. The lowest BCUT2D eigenvalue weighted by Crippen LogP contribution is -2.11. The summed E-state index contributed by atoms with van der Waals surface area (Å²) >= 11 is 0. The first-order valence-corrected chi connectivity index (χ1v) is 19.2. The molecule has 0 atom stereocenters. The van der Waals surface area contributed by atoms with Gasteiger partial charge in [0.2, 0.25) is 0 Å². The van der Waals surface area contributed by atoms with Gasteiger partial charge in [-0.05, 0) is 53.1 Å². The highest BCUT2D eigenvalue weighted by atomic mass is 15.1. The Morgan fingerprint density at radius 1 is 0.368 bits per heavy atom. The van der Waals surface area contributed by atoms with Gasteiger partial charge in [-0.25, -0.2) is 15.0 Å². The lowest BCUT2D eigenvalue weighted by atomic mass is 9.98. The first kappa shape index (κ1) is 33.9. The van der Waals surface area contributed by atoms with Gasteiger partial charge in [-0.1, -0.05) is 170 Å². The van der Waals surface area contributed by atoms with Gasteiger partial charge >= 0.3 is 0 Å². The van der Waals surface area contributed by atoms with Gasteiger partial charge in [-0.15, -0.1) is 0 Å². The number of hydrogen-bond donors (Lipinski definition) is 0. The molecule has 0 bridgehead atoms. The van der Waals surface area contributed by atoms with Crippen molar-refractivity contribution in [3.05, 3.63) is 206 Å². The van der Waals surface area contributed by atoms with Gasteiger partial charge in [-0.3, -0.25) is 0 Å². The molecule has 0 saturated carbocycles. The molecule has 0 aliphatic carbocycles. The van der Waals surface area contributed by atoms with Crippen LogP contribution in [0.25, 0.3) is 83.9 Å². The number of anilines is 2. The second kappa shape index (κ2) is 14.5. The van der Waals surface area contributed by atoms with Crippen LogP contribution in [0.15, 0.2) is 206 Å². The fourth-order valence-corrected chi connectivity index (χ4v) is 7.92. The normalized spacial score (nSPS) is 11.2. The summed E-state index contributed by atoms with van der Waals surface area (Å²) in [5.74, 6) is 1.87. The summed E-state index contributed by atoms with van der Waals surface area (Å²) in [6, 6.07) is 72.1. The lowest BCUT2D eigenvalue weighted by Gasteiger charge is -2.25. The number of aromatic nitrogens is 4. The molecule has 5 heteroatoms. The van der Waals surface area contributed by atoms with Crippen LogP contribution in [0.4, 0.5) is 11.4 Å². The zero-order valence-corrected chi connectivity index (χ0v) is 31.4. The van der Waals surface area contributed by atoms with Crippen molar-refractivity contribution in [3.8, 4) is 62.1 Å². The molecule has 0 spiro atoms. The number of fused-ring (bicyclic) bond motifs is 3. The highest BCUT2D eigenvalue weighted by molar-refractivity contribution is 6.19. The van der Waals surface area contributed by atoms with Crippen molar-refractivity contribution >= 4 is 33.2 Å². The predicted octanol–water partition coefficient (Wildman–Crippen LogP) is 13.1. The monoisotopic (exact) mass is 731 g/mol. The van der Waals surface area contributed by atoms with E-state index in [1.54, 1.807) is 0 Å². The van der Waals surface area contributed by atoms with E-state index in [1.165, 1.54) is 16.5 Å². The molecule has 8 aromatic carbocycles. The van der Waals surface area contributed by atoms with Crippen LogP contribution in [0.3, 0.4) is 0 Å². The van der Waals surface area contributed by atoms with Crippen molar-refractivity contribution in [3.63, 3.8) is 0 Å². The van der Waals surface area contributed by atoms with Crippen molar-refractivity contribution in [1.82, 2.24) is 19.5 Å². The zero-order chi connectivity index (χ0) is 38.1. The summed E-state index contributed by atoms with van der Waals surface area (Å²) in [5, 5.41) is 2.33. The molecule has 2 aromatic heterocycles. The van der Waals surface area contributed by atoms with Gasteiger partial charge in [0.1, 0.15) is 0 Å². The Kier molecular flexibility index (Phi) is 8.65. The van der Waals surface area contributed by atoms with Crippen LogP contribution in [0.2, 0.25) is 0 Å². The van der Waals surface area contributed by atoms with Gasteiger partial charge in [0.25, 0.3) is 0 Å². The average Bonchev–Trinajstić information content (AvgIpc) is 3.64. The Morgan fingerprint density at radius 2 is 0.860 bits per heavy atom. The van der Waals surface area contributed by atoms with Crippen LogP contribution in [-0.2, 0) is 0 Å². The molecule has 10 rings (SSSR count). The Balaban J connectivity index is 1.21. The standard InChI is InChI=1S/C52H37N5/c1-56(41-32-30-37(31-33-41)36-18-6-2-7-19-36)49-42(38-20-8-3-9-21-38)34-35-47-48(49)43-26-14-16-28-45(43)57(47)46-29-17-15-27-44(46)52-54-50(39-22-10-4-11-23-39)53-51(55-52)40-24-12-5-13-25-40/h2-35H,1H3. The van der Waals surface area contributed by atoms with Crippen molar-refractivity contribution in [2.75, 3.05) is 11.9 Å². The molecule has 270 valence electrons. The van der Waals surface area contributed by atoms with Crippen molar-refractivity contribution in [2.45, 2.75) is 0 Å². The second-order valence-corrected chi connectivity index (χ2v) is 14.1. The summed E-state index contributed by atoms with van der Waals surface area (Å²) in [5.41, 5.74) is 12.9. The lowest BCUT2D eigenvalue weighted by molar-refractivity contribution is 1.06. The maximum Gasteiger partial charge on any atom is 0.166 e. The molecule has 0 radical (unpaired) electrons. The van der Waals surface area contributed by atoms with Crippen LogP contribution >= 0.6 is 0 Å². The first-order chi connectivity index (χ1) is 28.2. The van der Waals surface area contributed by atoms with Crippen molar-refractivity contribution in [1.29, 1.82) is 0 Å². The molecule has 2 heterocycles. The molecule has 0 aliphatic heterocycles. The van der Waals surface area contributed by atoms with E-state index in [-0.39, 0.29) is 0 Å². The number of hydrogen-bond acceptors (Lipinski definition) is 4. The van der Waals surface area contributed by atoms with Gasteiger partial charge in [-0.2, -0.15) is 0 Å². The van der Waals surface area contributed by atoms with E-state index in [9.17, 15) is 0 Å². The Bertz CT molecular complexity index is 2940. The van der Waals surface area contributed by atoms with Crippen LogP contribution in [0.5, 0.6) is 0 Å². The second-order valence-electron chi connectivity index (χ2n) is 14.1. The third-order valence-electron chi connectivity index (χ3n) is 10.7. The van der Waals surface area contributed by atoms with Gasteiger partial charge in [0.15, 0.2) is 17.5 Å². The summed E-state index contributed by atoms with van der Waals surface area (Å²) in [6.07, 6.45) is 0. The maximum absolute atomic E-state index is 5.15. The van der Waals surface area contributed by atoms with Crippen LogP contribution < -0.4 is 4.90 Å². The summed E-state index contributed by atoms with van der Waals surface area (Å²) < 4.78 is 2.37. The summed E-state index contributed by atoms with van der Waals surface area (Å²) in [4.78, 5) is 17.6. The molecule has 0 amide bonds. The molecular weight excluding hydrogens is 695 g/mol. The molecule has 0 N–H and O–H groups in total. The highest BCUT2D eigenvalue weighted by Crippen LogP contribution is 2.46. The third-order valence-corrected chi connectivity index (χ3v) is 10.7. The Labute approximate surface area is 331 Å². The SMILES string of the molecule is CN(c1ccc(-c2ccccc2)cc1)c1c(-c2ccccc2)ccc2c1c1ccccc1n2-c1ccccc1-c1nc(-c2ccccc2)nc(-c2ccccc2)n1. The van der Waals surface area contributed by atoms with Crippen molar-refractivity contribution in [2.24, 2.45) is 0 Å². The number of nitrogens with zero attached hydrogens (tertiary/aromatic N) is 5. The number of benzene rings is 8. The molecule has 10 aromatic rings. The zero-order valence-electron chi connectivity index (χ0n) is 31.4. The van der Waals surface area contributed by atoms with Crippen molar-refractivity contribution < 1.29 is 0 Å². The number of rotatable bonds is 8. The topological polar surface area (TPSA) is 46.8 Å². The van der Waals surface area contributed by atoms with Crippen LogP contribution in [0, 0.1) is 0 Å². The quantitative estimate of drug-likeness (QED) is 0.156. The van der Waals surface area contributed by atoms with Gasteiger partial charge in [0.05, 0.1) is 22.4 Å². The minimum Gasteiger partial charge on any atom is -0.344 e. The molecule has 0 fully saturated rings. The molecule has 0 saturated heterocycles. The van der Waals surface area contributed by atoms with E-state index < -0.39 is 0 Å². The van der Waals surface area contributed by atoms with E-state index in [0.717, 1.165) is 61.3 Å². The summed E-state index contributed by atoms with van der Waals surface area (Å²) in [7, 11) is 2.18. The van der Waals surface area contributed by atoms with Crippen LogP contribution in [0.1, 0.15) is 0 Å².